The largest absolute Gasteiger partial charge is 0.469 e. The van der Waals surface area contributed by atoms with Crippen molar-refractivity contribution in [2.75, 3.05) is 48.3 Å². The van der Waals surface area contributed by atoms with Gasteiger partial charge in [-0.25, -0.2) is 4.99 Å². The number of H-pyrrole nitrogens is 1. The van der Waals surface area contributed by atoms with Crippen molar-refractivity contribution in [3.8, 4) is 0 Å². The van der Waals surface area contributed by atoms with Crippen LogP contribution in [0.1, 0.15) is 22.6 Å². The fourth-order valence-corrected chi connectivity index (χ4v) is 2.34. The van der Waals surface area contributed by atoms with E-state index in [1.165, 1.54) is 11.3 Å². The van der Waals surface area contributed by atoms with E-state index in [1.54, 1.807) is 44.3 Å². The van der Waals surface area contributed by atoms with Crippen LogP contribution in [0.5, 0.6) is 0 Å². The fourth-order valence-electron chi connectivity index (χ4n) is 2.34. The van der Waals surface area contributed by atoms with E-state index in [-0.39, 0.29) is 5.96 Å². The number of aliphatic imine (C=N–C) groups is 3. The average molecular weight is 490 g/mol. The molecule has 2 aromatic rings. The smallest absolute Gasteiger partial charge is 0.218 e. The summed E-state index contributed by atoms with van der Waals surface area (Å²) in [4.78, 5) is 18.0. The second kappa shape index (κ2) is 17.6. The van der Waals surface area contributed by atoms with Crippen molar-refractivity contribution in [1.82, 2.24) is 20.1 Å². The summed E-state index contributed by atoms with van der Waals surface area (Å²) in [6.45, 7) is 5.60. The minimum Gasteiger partial charge on any atom is -0.469 e. The summed E-state index contributed by atoms with van der Waals surface area (Å²) in [5, 5.41) is 9.62. The molecule has 0 bridgehead atoms. The van der Waals surface area contributed by atoms with Crippen molar-refractivity contribution >= 4 is 24.2 Å². The molecule has 9 N–H and O–H groups in total. The Kier molecular flexibility index (Phi) is 15.7. The molecule has 12 heteroatoms. The van der Waals surface area contributed by atoms with Gasteiger partial charge in [0, 0.05) is 46.6 Å². The molecule has 0 amide bonds. The Hall–Kier alpha value is -3.80. The number of aromatic amines is 1. The number of aromatic nitrogens is 1. The number of aryl methyl sites for hydroxylation is 2. The molecule has 0 fully saturated rings. The minimum atomic E-state index is 0.191. The highest BCUT2D eigenvalue weighted by atomic mass is 16.3. The van der Waals surface area contributed by atoms with Crippen molar-refractivity contribution in [3.05, 3.63) is 47.2 Å². The Morgan fingerprint density at radius 2 is 1.71 bits per heavy atom. The first-order chi connectivity index (χ1) is 16.5. The van der Waals surface area contributed by atoms with Crippen LogP contribution in [0.4, 0.5) is 0 Å². The molecule has 0 saturated carbocycles. The SMILES string of the molecule is CN(C)C(N)=NC=N.CNCCc1c[nH]c(C)c1.Cc1cc(CCN=C(N)/N=C(\N)N(C)C)co1. The molecule has 2 heterocycles. The molecule has 196 valence electrons. The number of rotatable bonds is 7. The van der Waals surface area contributed by atoms with Gasteiger partial charge in [0.25, 0.3) is 0 Å². The highest BCUT2D eigenvalue weighted by molar-refractivity contribution is 5.93. The third-order valence-electron chi connectivity index (χ3n) is 4.35. The number of hydrogen-bond acceptors (Lipinski definition) is 4. The third kappa shape index (κ3) is 15.6. The van der Waals surface area contributed by atoms with Gasteiger partial charge < -0.3 is 41.7 Å². The van der Waals surface area contributed by atoms with Gasteiger partial charge in [0.1, 0.15) is 12.1 Å². The van der Waals surface area contributed by atoms with Crippen molar-refractivity contribution in [2.45, 2.75) is 26.7 Å². The van der Waals surface area contributed by atoms with Crippen LogP contribution in [0.25, 0.3) is 0 Å². The highest BCUT2D eigenvalue weighted by Crippen LogP contribution is 2.06. The van der Waals surface area contributed by atoms with E-state index >= 15 is 0 Å². The first-order valence-electron chi connectivity index (χ1n) is 11.1. The fraction of sp³-hybridized carbons (Fsp3) is 0.478. The zero-order chi connectivity index (χ0) is 26.8. The molecular formula is C23H43N11O. The average Bonchev–Trinajstić information content (AvgIpc) is 3.40. The lowest BCUT2D eigenvalue weighted by Gasteiger charge is -2.09. The van der Waals surface area contributed by atoms with Gasteiger partial charge >= 0.3 is 0 Å². The molecule has 0 atom stereocenters. The number of guanidine groups is 3. The molecule has 12 nitrogen and oxygen atoms in total. The van der Waals surface area contributed by atoms with Crippen LogP contribution in [0, 0.1) is 19.3 Å². The number of hydrogen-bond donors (Lipinski definition) is 6. The zero-order valence-corrected chi connectivity index (χ0v) is 22.1. The standard InChI is InChI=1S/C11H19N5O.C8H14N2.C4H10N4/c1-8-6-9(7-17-8)4-5-14-10(12)15-11(13)16(2)3;1-7-5-8(6-10-7)3-4-9-2;1-8(2)4(6)7-3-5/h6-7H,4-5H2,1-3H3,(H4,12,13,14,15);5-6,9-10H,3-4H2,1-2H3;3H,1-2H3,(H3,5,6,7). The van der Waals surface area contributed by atoms with Crippen LogP contribution in [0.15, 0.2) is 44.0 Å². The Morgan fingerprint density at radius 3 is 2.14 bits per heavy atom. The van der Waals surface area contributed by atoms with Crippen LogP contribution >= 0.6 is 0 Å². The zero-order valence-electron chi connectivity index (χ0n) is 22.1. The summed E-state index contributed by atoms with van der Waals surface area (Å²) < 4.78 is 5.18. The van der Waals surface area contributed by atoms with Crippen LogP contribution in [-0.4, -0.2) is 87.3 Å². The van der Waals surface area contributed by atoms with Gasteiger partial charge in [-0.1, -0.05) is 0 Å². The van der Waals surface area contributed by atoms with Gasteiger partial charge in [-0.05, 0) is 63.5 Å². The maximum atomic E-state index is 6.51. The summed E-state index contributed by atoms with van der Waals surface area (Å²) in [5.41, 5.74) is 20.2. The predicted molar refractivity (Wildman–Crippen MR) is 146 cm³/mol. The molecule has 35 heavy (non-hydrogen) atoms. The summed E-state index contributed by atoms with van der Waals surface area (Å²) >= 11 is 0. The Balaban J connectivity index is 0.000000545. The van der Waals surface area contributed by atoms with Crippen LogP contribution in [0.2, 0.25) is 0 Å². The third-order valence-corrected chi connectivity index (χ3v) is 4.35. The lowest BCUT2D eigenvalue weighted by molar-refractivity contribution is 0.531. The number of likely N-dealkylation sites (N-methyl/N-ethyl adjacent to an activating group) is 1. The van der Waals surface area contributed by atoms with E-state index in [4.69, 9.17) is 27.0 Å². The van der Waals surface area contributed by atoms with E-state index in [0.29, 0.717) is 18.5 Å². The number of nitrogens with two attached hydrogens (primary N) is 3. The predicted octanol–water partition coefficient (Wildman–Crippen LogP) is 0.876. The lowest BCUT2D eigenvalue weighted by Crippen LogP contribution is -2.32. The van der Waals surface area contributed by atoms with Gasteiger partial charge in [-0.2, -0.15) is 4.99 Å². The van der Waals surface area contributed by atoms with Crippen molar-refractivity contribution in [1.29, 1.82) is 5.41 Å². The molecule has 0 aromatic carbocycles. The van der Waals surface area contributed by atoms with Gasteiger partial charge in [0.15, 0.2) is 11.9 Å². The van der Waals surface area contributed by atoms with Crippen LogP contribution < -0.4 is 22.5 Å². The van der Waals surface area contributed by atoms with E-state index < -0.39 is 0 Å². The van der Waals surface area contributed by atoms with Crippen molar-refractivity contribution in [3.63, 3.8) is 0 Å². The molecule has 0 radical (unpaired) electrons. The monoisotopic (exact) mass is 489 g/mol. The quantitative estimate of drug-likeness (QED) is 0.246. The van der Waals surface area contributed by atoms with Crippen molar-refractivity contribution in [2.24, 2.45) is 32.2 Å². The minimum absolute atomic E-state index is 0.191. The molecule has 0 aliphatic carbocycles. The van der Waals surface area contributed by atoms with E-state index in [1.807, 2.05) is 20.0 Å². The maximum absolute atomic E-state index is 6.51. The first-order valence-corrected chi connectivity index (χ1v) is 11.1. The number of nitrogens with zero attached hydrogens (tertiary/aromatic N) is 5. The number of furan rings is 1. The second-order valence-corrected chi connectivity index (χ2v) is 7.98. The van der Waals surface area contributed by atoms with Gasteiger partial charge in [-0.3, -0.25) is 10.4 Å². The molecule has 0 aliphatic heterocycles. The summed E-state index contributed by atoms with van der Waals surface area (Å²) in [5.74, 6) is 1.77. The summed E-state index contributed by atoms with van der Waals surface area (Å²) in [7, 11) is 9.09. The molecule has 0 saturated heterocycles. The van der Waals surface area contributed by atoms with Crippen molar-refractivity contribution < 1.29 is 4.42 Å². The number of nitrogens with one attached hydrogen (secondary N) is 3. The Morgan fingerprint density at radius 1 is 1.06 bits per heavy atom. The van der Waals surface area contributed by atoms with Gasteiger partial charge in [-0.15, -0.1) is 0 Å². The second-order valence-electron chi connectivity index (χ2n) is 7.98. The summed E-state index contributed by atoms with van der Waals surface area (Å²) in [6.07, 6.45) is 6.58. The highest BCUT2D eigenvalue weighted by Gasteiger charge is 1.98. The molecule has 2 aromatic heterocycles. The normalized spacial score (nSPS) is 11.7. The molecule has 0 unspecified atom stereocenters. The lowest BCUT2D eigenvalue weighted by atomic mass is 10.2. The van der Waals surface area contributed by atoms with Gasteiger partial charge in [0.05, 0.1) is 6.26 Å². The molecule has 0 spiro atoms. The van der Waals surface area contributed by atoms with E-state index in [2.05, 4.69) is 44.5 Å². The molecule has 0 aliphatic rings. The Bertz CT molecular complexity index is 939. The Labute approximate surface area is 208 Å². The molecule has 2 rings (SSSR count). The summed E-state index contributed by atoms with van der Waals surface area (Å²) in [6, 6.07) is 4.15. The van der Waals surface area contributed by atoms with Crippen LogP contribution in [0.3, 0.4) is 0 Å². The first kappa shape index (κ1) is 31.2. The van der Waals surface area contributed by atoms with Gasteiger partial charge in [0.2, 0.25) is 5.96 Å². The maximum Gasteiger partial charge on any atom is 0.218 e. The van der Waals surface area contributed by atoms with Crippen LogP contribution in [-0.2, 0) is 12.8 Å². The van der Waals surface area contributed by atoms with E-state index in [0.717, 1.165) is 37.0 Å². The topological polar surface area (TPSA) is 186 Å². The van der Waals surface area contributed by atoms with E-state index in [9.17, 15) is 0 Å². The molecular weight excluding hydrogens is 446 g/mol.